The Kier molecular flexibility index (Phi) is 4.71. The van der Waals surface area contributed by atoms with Gasteiger partial charge in [-0.1, -0.05) is 15.9 Å². The number of sulfonamides is 1. The lowest BCUT2D eigenvalue weighted by molar-refractivity contribution is 0.214. The Hall–Kier alpha value is -0.430. The van der Waals surface area contributed by atoms with Crippen molar-refractivity contribution in [1.29, 1.82) is 0 Å². The van der Waals surface area contributed by atoms with E-state index < -0.39 is 16.1 Å². The minimum Gasteiger partial charge on any atom is -0.395 e. The van der Waals surface area contributed by atoms with Gasteiger partial charge in [0.05, 0.1) is 11.5 Å². The molecule has 1 N–H and O–H groups in total. The zero-order chi connectivity index (χ0) is 13.2. The zero-order valence-electron chi connectivity index (χ0n) is 10.0. The van der Waals surface area contributed by atoms with Crippen LogP contribution < -0.4 is 0 Å². The second-order valence-electron chi connectivity index (χ2n) is 4.02. The van der Waals surface area contributed by atoms with Gasteiger partial charge in [-0.2, -0.15) is 4.31 Å². The van der Waals surface area contributed by atoms with Crippen molar-refractivity contribution in [2.45, 2.75) is 24.8 Å². The van der Waals surface area contributed by atoms with Crippen molar-refractivity contribution < 1.29 is 13.5 Å². The molecule has 0 radical (unpaired) electrons. The maximum absolute atomic E-state index is 12.2. The fourth-order valence-corrected chi connectivity index (χ4v) is 3.61. The van der Waals surface area contributed by atoms with Crippen LogP contribution in [0.3, 0.4) is 0 Å². The van der Waals surface area contributed by atoms with Crippen LogP contribution in [-0.4, -0.2) is 37.5 Å². The first-order chi connectivity index (χ1) is 7.78. The maximum atomic E-state index is 12.2. The molecule has 1 rings (SSSR count). The molecule has 0 fully saturated rings. The Labute approximate surface area is 110 Å². The summed E-state index contributed by atoms with van der Waals surface area (Å²) in [5.74, 6) is 0. The van der Waals surface area contributed by atoms with E-state index in [1.54, 1.807) is 19.1 Å². The number of aliphatic hydroxyl groups is 1. The summed E-state index contributed by atoms with van der Waals surface area (Å²) in [5.41, 5.74) is 0.864. The SMILES string of the molecule is Cc1cc(Br)cc(S(=O)(=O)N(C)[C@H](C)CO)c1. The van der Waals surface area contributed by atoms with Crippen LogP contribution in [0, 0.1) is 6.92 Å². The minimum atomic E-state index is -3.55. The molecule has 0 spiro atoms. The van der Waals surface area contributed by atoms with Crippen molar-refractivity contribution in [3.63, 3.8) is 0 Å². The Morgan fingerprint density at radius 1 is 1.41 bits per heavy atom. The first-order valence-corrected chi connectivity index (χ1v) is 7.38. The lowest BCUT2D eigenvalue weighted by atomic mass is 10.2. The molecule has 0 aromatic heterocycles. The molecule has 1 aromatic rings. The Balaban J connectivity index is 3.22. The smallest absolute Gasteiger partial charge is 0.243 e. The van der Waals surface area contributed by atoms with Crippen molar-refractivity contribution in [1.82, 2.24) is 4.31 Å². The fourth-order valence-electron chi connectivity index (χ4n) is 1.37. The van der Waals surface area contributed by atoms with Crippen molar-refractivity contribution in [2.24, 2.45) is 0 Å². The normalized spacial score (nSPS) is 14.0. The third kappa shape index (κ3) is 3.28. The fraction of sp³-hybridized carbons (Fsp3) is 0.455. The monoisotopic (exact) mass is 321 g/mol. The van der Waals surface area contributed by atoms with E-state index in [9.17, 15) is 8.42 Å². The first-order valence-electron chi connectivity index (χ1n) is 5.15. The summed E-state index contributed by atoms with van der Waals surface area (Å²) in [6.07, 6.45) is 0. The number of hydrogen-bond acceptors (Lipinski definition) is 3. The molecule has 0 aliphatic carbocycles. The highest BCUT2D eigenvalue weighted by atomic mass is 79.9. The molecular formula is C11H16BrNO3S. The summed E-state index contributed by atoms with van der Waals surface area (Å²) < 4.78 is 26.4. The average molecular weight is 322 g/mol. The van der Waals surface area contributed by atoms with E-state index in [4.69, 9.17) is 5.11 Å². The average Bonchev–Trinajstić information content (AvgIpc) is 2.25. The highest BCUT2D eigenvalue weighted by Gasteiger charge is 2.25. The molecular weight excluding hydrogens is 306 g/mol. The van der Waals surface area contributed by atoms with Crippen LogP contribution >= 0.6 is 15.9 Å². The van der Waals surface area contributed by atoms with Gasteiger partial charge in [-0.25, -0.2) is 8.42 Å². The largest absolute Gasteiger partial charge is 0.395 e. The molecule has 0 bridgehead atoms. The molecule has 0 saturated heterocycles. The lowest BCUT2D eigenvalue weighted by Gasteiger charge is -2.22. The number of benzene rings is 1. The summed E-state index contributed by atoms with van der Waals surface area (Å²) >= 11 is 3.28. The summed E-state index contributed by atoms with van der Waals surface area (Å²) in [6.45, 7) is 3.28. The molecule has 4 nitrogen and oxygen atoms in total. The predicted octanol–water partition coefficient (Wildman–Crippen LogP) is 1.76. The van der Waals surface area contributed by atoms with Crippen molar-refractivity contribution in [3.8, 4) is 0 Å². The standard InChI is InChI=1S/C11H16BrNO3S/c1-8-4-10(12)6-11(5-8)17(15,16)13(3)9(2)7-14/h4-6,9,14H,7H2,1-3H3/t9-/m1/s1. The van der Waals surface area contributed by atoms with Gasteiger partial charge in [0, 0.05) is 17.6 Å². The summed E-state index contributed by atoms with van der Waals surface area (Å²) in [6, 6.07) is 4.57. The molecule has 17 heavy (non-hydrogen) atoms. The van der Waals surface area contributed by atoms with Crippen LogP contribution in [0.1, 0.15) is 12.5 Å². The Morgan fingerprint density at radius 2 is 2.00 bits per heavy atom. The Bertz CT molecular complexity index is 481. The van der Waals surface area contributed by atoms with Crippen LogP contribution in [0.4, 0.5) is 0 Å². The molecule has 0 heterocycles. The lowest BCUT2D eigenvalue weighted by Crippen LogP contribution is -2.37. The number of hydrogen-bond donors (Lipinski definition) is 1. The summed E-state index contributed by atoms with van der Waals surface area (Å²) in [4.78, 5) is 0.229. The van der Waals surface area contributed by atoms with Crippen LogP contribution in [0.5, 0.6) is 0 Å². The third-order valence-electron chi connectivity index (χ3n) is 2.58. The van der Waals surface area contributed by atoms with Gasteiger partial charge >= 0.3 is 0 Å². The number of aryl methyl sites for hydroxylation is 1. The Morgan fingerprint density at radius 3 is 2.47 bits per heavy atom. The van der Waals surface area contributed by atoms with Crippen LogP contribution in [0.25, 0.3) is 0 Å². The molecule has 6 heteroatoms. The number of likely N-dealkylation sites (N-methyl/N-ethyl adjacent to an activating group) is 1. The van der Waals surface area contributed by atoms with Gasteiger partial charge in [-0.3, -0.25) is 0 Å². The number of halogens is 1. The number of rotatable bonds is 4. The molecule has 0 unspecified atom stereocenters. The van der Waals surface area contributed by atoms with Crippen molar-refractivity contribution >= 4 is 26.0 Å². The maximum Gasteiger partial charge on any atom is 0.243 e. The van der Waals surface area contributed by atoms with Gasteiger partial charge in [0.1, 0.15) is 0 Å². The van der Waals surface area contributed by atoms with Gasteiger partial charge < -0.3 is 5.11 Å². The van der Waals surface area contributed by atoms with E-state index in [0.29, 0.717) is 0 Å². The molecule has 96 valence electrons. The number of aliphatic hydroxyl groups excluding tert-OH is 1. The topological polar surface area (TPSA) is 57.6 Å². The zero-order valence-corrected chi connectivity index (χ0v) is 12.4. The van der Waals surface area contributed by atoms with E-state index in [-0.39, 0.29) is 11.5 Å². The van der Waals surface area contributed by atoms with E-state index >= 15 is 0 Å². The molecule has 1 atom stereocenters. The highest BCUT2D eigenvalue weighted by molar-refractivity contribution is 9.10. The van der Waals surface area contributed by atoms with E-state index in [1.807, 2.05) is 13.0 Å². The quantitative estimate of drug-likeness (QED) is 0.919. The highest BCUT2D eigenvalue weighted by Crippen LogP contribution is 2.22. The van der Waals surface area contributed by atoms with Gasteiger partial charge in [-0.05, 0) is 37.6 Å². The van der Waals surface area contributed by atoms with Crippen LogP contribution in [0.15, 0.2) is 27.6 Å². The molecule has 0 aliphatic heterocycles. The van der Waals surface area contributed by atoms with Crippen LogP contribution in [-0.2, 0) is 10.0 Å². The molecule has 1 aromatic carbocycles. The predicted molar refractivity (Wildman–Crippen MR) is 70.4 cm³/mol. The minimum absolute atomic E-state index is 0.206. The van der Waals surface area contributed by atoms with Crippen LogP contribution in [0.2, 0.25) is 0 Å². The summed E-state index contributed by atoms with van der Waals surface area (Å²) in [5, 5.41) is 9.01. The van der Waals surface area contributed by atoms with Gasteiger partial charge in [0.15, 0.2) is 0 Å². The summed E-state index contributed by atoms with van der Waals surface area (Å²) in [7, 11) is -2.09. The van der Waals surface area contributed by atoms with Crippen molar-refractivity contribution in [2.75, 3.05) is 13.7 Å². The van der Waals surface area contributed by atoms with E-state index in [2.05, 4.69) is 15.9 Å². The number of nitrogens with zero attached hydrogens (tertiary/aromatic N) is 1. The first kappa shape index (κ1) is 14.6. The second kappa shape index (κ2) is 5.48. The molecule has 0 saturated carbocycles. The molecule has 0 amide bonds. The second-order valence-corrected chi connectivity index (χ2v) is 6.93. The molecule has 0 aliphatic rings. The van der Waals surface area contributed by atoms with Crippen molar-refractivity contribution in [3.05, 3.63) is 28.2 Å². The van der Waals surface area contributed by atoms with E-state index in [0.717, 1.165) is 10.0 Å². The van der Waals surface area contributed by atoms with Gasteiger partial charge in [-0.15, -0.1) is 0 Å². The van der Waals surface area contributed by atoms with Gasteiger partial charge in [0.25, 0.3) is 0 Å². The van der Waals surface area contributed by atoms with Gasteiger partial charge in [0.2, 0.25) is 10.0 Å². The van der Waals surface area contributed by atoms with E-state index in [1.165, 1.54) is 11.4 Å². The third-order valence-corrected chi connectivity index (χ3v) is 4.98.